The van der Waals surface area contributed by atoms with E-state index in [0.29, 0.717) is 11.1 Å². The predicted molar refractivity (Wildman–Crippen MR) is 71.7 cm³/mol. The molecule has 1 atom stereocenters. The van der Waals surface area contributed by atoms with Crippen LogP contribution in [0.5, 0.6) is 0 Å². The maximum atomic E-state index is 5.73. The molecule has 94 valence electrons. The molecule has 0 radical (unpaired) electrons. The first-order chi connectivity index (χ1) is 7.42. The second kappa shape index (κ2) is 5.94. The Morgan fingerprint density at radius 1 is 1.56 bits per heavy atom. The lowest BCUT2D eigenvalue weighted by Crippen LogP contribution is -2.37. The van der Waals surface area contributed by atoms with Gasteiger partial charge in [-0.3, -0.25) is 0 Å². The molecule has 4 heteroatoms. The number of hydrogen-bond acceptors (Lipinski definition) is 3. The van der Waals surface area contributed by atoms with Gasteiger partial charge in [0.25, 0.3) is 0 Å². The monoisotopic (exact) mass is 244 g/mol. The van der Waals surface area contributed by atoms with E-state index < -0.39 is 0 Å². The molecule has 0 aromatic heterocycles. The summed E-state index contributed by atoms with van der Waals surface area (Å²) in [6, 6.07) is 0. The molecular weight excluding hydrogens is 220 g/mol. The second-order valence-corrected chi connectivity index (χ2v) is 5.77. The molecule has 0 spiro atoms. The van der Waals surface area contributed by atoms with Gasteiger partial charge >= 0.3 is 0 Å². The average molecular weight is 244 g/mol. The Morgan fingerprint density at radius 2 is 2.25 bits per heavy atom. The Bertz CT molecular complexity index is 243. The topological polar surface area (TPSA) is 38.5 Å². The standard InChI is InChI=1S/C12H24N2OS/c1-10-9-14(6-4-8-15-10)7-5-12(2,3)11(13)16/h10H,4-9H2,1-3H3,(H2,13,16). The fourth-order valence-electron chi connectivity index (χ4n) is 1.84. The van der Waals surface area contributed by atoms with Crippen LogP contribution in [0.1, 0.15) is 33.6 Å². The van der Waals surface area contributed by atoms with Gasteiger partial charge in [-0.05, 0) is 26.3 Å². The summed E-state index contributed by atoms with van der Waals surface area (Å²) in [5.41, 5.74) is 5.70. The molecule has 0 amide bonds. The van der Waals surface area contributed by atoms with Gasteiger partial charge < -0.3 is 15.4 Å². The smallest absolute Gasteiger partial charge is 0.0784 e. The average Bonchev–Trinajstić information content (AvgIpc) is 2.39. The number of ether oxygens (including phenoxy) is 1. The largest absolute Gasteiger partial charge is 0.393 e. The predicted octanol–water partition coefficient (Wildman–Crippen LogP) is 1.80. The van der Waals surface area contributed by atoms with Gasteiger partial charge in [0.2, 0.25) is 0 Å². The molecule has 0 aliphatic carbocycles. The third-order valence-electron chi connectivity index (χ3n) is 3.26. The molecular formula is C12H24N2OS. The summed E-state index contributed by atoms with van der Waals surface area (Å²) in [5, 5.41) is 0. The Hall–Kier alpha value is -0.190. The Morgan fingerprint density at radius 3 is 2.88 bits per heavy atom. The van der Waals surface area contributed by atoms with E-state index in [1.807, 2.05) is 0 Å². The maximum absolute atomic E-state index is 5.73. The normalized spacial score (nSPS) is 24.1. The minimum absolute atomic E-state index is 0.0360. The fourth-order valence-corrected chi connectivity index (χ4v) is 1.95. The highest BCUT2D eigenvalue weighted by Gasteiger charge is 2.23. The highest BCUT2D eigenvalue weighted by Crippen LogP contribution is 2.21. The summed E-state index contributed by atoms with van der Waals surface area (Å²) in [4.78, 5) is 3.07. The zero-order valence-corrected chi connectivity index (χ0v) is 11.5. The quantitative estimate of drug-likeness (QED) is 0.765. The Balaban J connectivity index is 2.39. The molecule has 1 rings (SSSR count). The van der Waals surface area contributed by atoms with Crippen LogP contribution in [0.4, 0.5) is 0 Å². The molecule has 0 aromatic rings. The van der Waals surface area contributed by atoms with Crippen LogP contribution < -0.4 is 5.73 Å². The van der Waals surface area contributed by atoms with Gasteiger partial charge in [0, 0.05) is 25.1 Å². The van der Waals surface area contributed by atoms with Crippen LogP contribution in [0, 0.1) is 5.41 Å². The van der Waals surface area contributed by atoms with Crippen molar-refractivity contribution < 1.29 is 4.74 Å². The lowest BCUT2D eigenvalue weighted by atomic mass is 9.89. The van der Waals surface area contributed by atoms with Crippen LogP contribution in [0.2, 0.25) is 0 Å². The van der Waals surface area contributed by atoms with E-state index in [-0.39, 0.29) is 5.41 Å². The zero-order valence-electron chi connectivity index (χ0n) is 10.7. The van der Waals surface area contributed by atoms with E-state index in [2.05, 4.69) is 25.7 Å². The van der Waals surface area contributed by atoms with Crippen molar-refractivity contribution in [3.63, 3.8) is 0 Å². The van der Waals surface area contributed by atoms with Gasteiger partial charge in [0.1, 0.15) is 0 Å². The first-order valence-corrected chi connectivity index (χ1v) is 6.46. The first kappa shape index (κ1) is 13.9. The summed E-state index contributed by atoms with van der Waals surface area (Å²) >= 11 is 5.08. The summed E-state index contributed by atoms with van der Waals surface area (Å²) in [6.45, 7) is 10.5. The van der Waals surface area contributed by atoms with Gasteiger partial charge in [0.15, 0.2) is 0 Å². The first-order valence-electron chi connectivity index (χ1n) is 6.06. The van der Waals surface area contributed by atoms with Crippen LogP contribution in [0.15, 0.2) is 0 Å². The molecule has 1 aliphatic heterocycles. The Kier molecular flexibility index (Phi) is 5.15. The third-order valence-corrected chi connectivity index (χ3v) is 3.81. The van der Waals surface area contributed by atoms with Crippen LogP contribution in [0.3, 0.4) is 0 Å². The number of nitrogens with two attached hydrogens (primary N) is 1. The van der Waals surface area contributed by atoms with Crippen molar-refractivity contribution in [3.8, 4) is 0 Å². The van der Waals surface area contributed by atoms with Crippen LogP contribution in [-0.2, 0) is 4.74 Å². The Labute approximate surface area is 104 Å². The zero-order chi connectivity index (χ0) is 12.2. The van der Waals surface area contributed by atoms with Crippen molar-refractivity contribution in [3.05, 3.63) is 0 Å². The van der Waals surface area contributed by atoms with Crippen molar-refractivity contribution >= 4 is 17.2 Å². The maximum Gasteiger partial charge on any atom is 0.0784 e. The van der Waals surface area contributed by atoms with E-state index in [4.69, 9.17) is 22.7 Å². The molecule has 1 fully saturated rings. The van der Waals surface area contributed by atoms with Gasteiger partial charge in [-0.1, -0.05) is 26.1 Å². The number of rotatable bonds is 4. The summed E-state index contributed by atoms with van der Waals surface area (Å²) in [6.07, 6.45) is 2.49. The minimum atomic E-state index is -0.0360. The fraction of sp³-hybridized carbons (Fsp3) is 0.917. The van der Waals surface area contributed by atoms with Gasteiger partial charge in [-0.15, -0.1) is 0 Å². The molecule has 1 saturated heterocycles. The molecule has 1 heterocycles. The molecule has 1 aliphatic rings. The lowest BCUT2D eigenvalue weighted by molar-refractivity contribution is 0.0668. The van der Waals surface area contributed by atoms with Gasteiger partial charge in [-0.25, -0.2) is 0 Å². The third kappa shape index (κ3) is 4.36. The lowest BCUT2D eigenvalue weighted by Gasteiger charge is -2.28. The number of thiocarbonyl (C=S) groups is 1. The van der Waals surface area contributed by atoms with Crippen molar-refractivity contribution in [2.24, 2.45) is 11.1 Å². The van der Waals surface area contributed by atoms with Crippen LogP contribution >= 0.6 is 12.2 Å². The van der Waals surface area contributed by atoms with E-state index >= 15 is 0 Å². The van der Waals surface area contributed by atoms with E-state index in [1.54, 1.807) is 0 Å². The second-order valence-electron chi connectivity index (χ2n) is 5.33. The number of nitrogens with zero attached hydrogens (tertiary/aromatic N) is 1. The SMILES string of the molecule is CC1CN(CCC(C)(C)C(N)=S)CCCO1. The molecule has 16 heavy (non-hydrogen) atoms. The van der Waals surface area contributed by atoms with Gasteiger partial charge in [0.05, 0.1) is 11.1 Å². The summed E-state index contributed by atoms with van der Waals surface area (Å²) in [5.74, 6) is 0. The minimum Gasteiger partial charge on any atom is -0.393 e. The van der Waals surface area contributed by atoms with E-state index in [9.17, 15) is 0 Å². The molecule has 1 unspecified atom stereocenters. The summed E-state index contributed by atoms with van der Waals surface area (Å²) in [7, 11) is 0. The van der Waals surface area contributed by atoms with Crippen LogP contribution in [0.25, 0.3) is 0 Å². The highest BCUT2D eigenvalue weighted by atomic mass is 32.1. The van der Waals surface area contributed by atoms with E-state index in [0.717, 1.165) is 39.1 Å². The molecule has 2 N–H and O–H groups in total. The van der Waals surface area contributed by atoms with Crippen molar-refractivity contribution in [1.82, 2.24) is 4.90 Å². The van der Waals surface area contributed by atoms with Gasteiger partial charge in [-0.2, -0.15) is 0 Å². The highest BCUT2D eigenvalue weighted by molar-refractivity contribution is 7.80. The van der Waals surface area contributed by atoms with Crippen molar-refractivity contribution in [2.75, 3.05) is 26.2 Å². The molecule has 0 bridgehead atoms. The number of hydrogen-bond donors (Lipinski definition) is 1. The molecule has 3 nitrogen and oxygen atoms in total. The molecule has 0 aromatic carbocycles. The van der Waals surface area contributed by atoms with Crippen molar-refractivity contribution in [1.29, 1.82) is 0 Å². The van der Waals surface area contributed by atoms with Crippen molar-refractivity contribution in [2.45, 2.75) is 39.7 Å². The van der Waals surface area contributed by atoms with E-state index in [1.165, 1.54) is 0 Å². The molecule has 0 saturated carbocycles. The summed E-state index contributed by atoms with van der Waals surface area (Å²) < 4.78 is 5.62. The van der Waals surface area contributed by atoms with Crippen LogP contribution in [-0.4, -0.2) is 42.2 Å².